The fraction of sp³-hybridized carbons (Fsp3) is 0.200. The standard InChI is InChI=1S/C15H14N8O2S/c1-22(2)23-7-12(25-21-23)17-11(24)8-26-15-18-14-13(19-20-15)9-5-3-4-6-10(9)16-14/h3-7H,8H2,1-2H3,(H-,16,17,18,19,20,21,24). The molecule has 26 heavy (non-hydrogen) atoms. The zero-order chi connectivity index (χ0) is 18.1. The van der Waals surface area contributed by atoms with E-state index >= 15 is 0 Å². The van der Waals surface area contributed by atoms with E-state index in [1.807, 2.05) is 24.3 Å². The van der Waals surface area contributed by atoms with Crippen LogP contribution in [0.3, 0.4) is 0 Å². The zero-order valence-electron chi connectivity index (χ0n) is 13.9. The lowest BCUT2D eigenvalue weighted by atomic mass is 10.2. The van der Waals surface area contributed by atoms with E-state index in [1.54, 1.807) is 19.1 Å². The van der Waals surface area contributed by atoms with Crippen molar-refractivity contribution in [3.8, 4) is 0 Å². The molecule has 0 fully saturated rings. The van der Waals surface area contributed by atoms with Crippen molar-refractivity contribution in [2.24, 2.45) is 4.99 Å². The molecule has 0 radical (unpaired) electrons. The van der Waals surface area contributed by atoms with Crippen LogP contribution in [0.5, 0.6) is 0 Å². The van der Waals surface area contributed by atoms with E-state index in [2.05, 4.69) is 30.4 Å². The monoisotopic (exact) mass is 370 g/mol. The number of hydrogen-bond acceptors (Lipinski definition) is 9. The van der Waals surface area contributed by atoms with Crippen molar-refractivity contribution in [1.29, 1.82) is 0 Å². The average molecular weight is 370 g/mol. The zero-order valence-corrected chi connectivity index (χ0v) is 14.8. The van der Waals surface area contributed by atoms with E-state index in [0.717, 1.165) is 22.7 Å². The number of hydrogen-bond donors (Lipinski definition) is 1. The number of nitrogens with zero attached hydrogens (tertiary/aromatic N) is 7. The molecule has 132 valence electrons. The lowest BCUT2D eigenvalue weighted by Gasteiger charge is -2.06. The van der Waals surface area contributed by atoms with Gasteiger partial charge in [0.05, 0.1) is 18.9 Å². The van der Waals surface area contributed by atoms with Gasteiger partial charge in [-0.15, -0.1) is 10.2 Å². The van der Waals surface area contributed by atoms with Gasteiger partial charge in [-0.3, -0.25) is 4.52 Å². The predicted molar refractivity (Wildman–Crippen MR) is 93.8 cm³/mol. The van der Waals surface area contributed by atoms with E-state index in [-0.39, 0.29) is 17.5 Å². The molecule has 0 saturated heterocycles. The molecule has 0 spiro atoms. The molecule has 4 aromatic rings. The van der Waals surface area contributed by atoms with Gasteiger partial charge in [0.25, 0.3) is 6.20 Å². The summed E-state index contributed by atoms with van der Waals surface area (Å²) in [5.41, 5.74) is 2.28. The molecule has 3 heterocycles. The van der Waals surface area contributed by atoms with Crippen LogP contribution < -0.4 is 14.9 Å². The molecular formula is C15H14N8O2S. The minimum atomic E-state index is -0.377. The number of fused-ring (bicyclic) bond motifs is 3. The highest BCUT2D eigenvalue weighted by Crippen LogP contribution is 2.23. The van der Waals surface area contributed by atoms with Crippen LogP contribution in [0.2, 0.25) is 0 Å². The summed E-state index contributed by atoms with van der Waals surface area (Å²) in [6.07, 6.45) is 1.51. The van der Waals surface area contributed by atoms with Gasteiger partial charge in [-0.1, -0.05) is 30.0 Å². The highest BCUT2D eigenvalue weighted by molar-refractivity contribution is 7.99. The summed E-state index contributed by atoms with van der Waals surface area (Å²) in [6.45, 7) is 0. The molecule has 1 aromatic carbocycles. The van der Waals surface area contributed by atoms with Crippen LogP contribution in [0.25, 0.3) is 22.1 Å². The molecule has 0 aliphatic carbocycles. The van der Waals surface area contributed by atoms with E-state index in [0.29, 0.717) is 16.3 Å². The molecule has 3 aromatic heterocycles. The first-order valence-corrected chi connectivity index (χ1v) is 8.63. The van der Waals surface area contributed by atoms with Gasteiger partial charge >= 0.3 is 5.88 Å². The van der Waals surface area contributed by atoms with Crippen molar-refractivity contribution in [3.05, 3.63) is 30.5 Å². The van der Waals surface area contributed by atoms with Gasteiger partial charge in [0.1, 0.15) is 5.52 Å². The van der Waals surface area contributed by atoms with Crippen molar-refractivity contribution in [2.45, 2.75) is 5.16 Å². The Morgan fingerprint density at radius 3 is 3.00 bits per heavy atom. The van der Waals surface area contributed by atoms with Crippen LogP contribution in [-0.4, -0.2) is 51.2 Å². The number of para-hydroxylation sites is 1. The number of H-pyrrole nitrogens is 1. The number of aromatic nitrogens is 6. The molecule has 0 bridgehead atoms. The average Bonchev–Trinajstić information content (AvgIpc) is 3.24. The second kappa shape index (κ2) is 6.59. The number of aromatic amines is 1. The Bertz CT molecular complexity index is 1100. The Hall–Kier alpha value is -3.21. The maximum absolute atomic E-state index is 12.0. The maximum Gasteiger partial charge on any atom is 0.324 e. The SMILES string of the molecule is CN(C)[n+]1cc(/N=C(/[O-])CSc2nnc3c(n2)[nH]c2ccccc23)on1. The number of benzene rings is 1. The lowest BCUT2D eigenvalue weighted by Crippen LogP contribution is -2.53. The predicted octanol–water partition coefficient (Wildman–Crippen LogP) is 0.162. The molecule has 0 amide bonds. The Morgan fingerprint density at radius 2 is 2.19 bits per heavy atom. The second-order valence-corrected chi connectivity index (χ2v) is 6.51. The maximum atomic E-state index is 12.0. The largest absolute Gasteiger partial charge is 0.861 e. The van der Waals surface area contributed by atoms with E-state index in [9.17, 15) is 5.11 Å². The van der Waals surface area contributed by atoms with Gasteiger partial charge in [-0.25, -0.2) is 9.98 Å². The van der Waals surface area contributed by atoms with Crippen molar-refractivity contribution in [2.75, 3.05) is 24.9 Å². The normalized spacial score (nSPS) is 12.2. The third-order valence-electron chi connectivity index (χ3n) is 3.52. The quantitative estimate of drug-likeness (QED) is 0.228. The Kier molecular flexibility index (Phi) is 4.13. The minimum Gasteiger partial charge on any atom is -0.861 e. The van der Waals surface area contributed by atoms with Crippen molar-refractivity contribution >= 4 is 45.6 Å². The van der Waals surface area contributed by atoms with Crippen LogP contribution in [0.1, 0.15) is 0 Å². The molecular weight excluding hydrogens is 356 g/mol. The Balaban J connectivity index is 1.49. The van der Waals surface area contributed by atoms with Crippen LogP contribution in [0.4, 0.5) is 5.88 Å². The van der Waals surface area contributed by atoms with Gasteiger partial charge in [0, 0.05) is 16.7 Å². The van der Waals surface area contributed by atoms with E-state index in [1.165, 1.54) is 11.0 Å². The Labute approximate surface area is 151 Å². The van der Waals surface area contributed by atoms with Crippen molar-refractivity contribution < 1.29 is 14.4 Å². The highest BCUT2D eigenvalue weighted by atomic mass is 32.2. The molecule has 0 aliphatic heterocycles. The Morgan fingerprint density at radius 1 is 1.35 bits per heavy atom. The molecule has 0 atom stereocenters. The van der Waals surface area contributed by atoms with Crippen LogP contribution >= 0.6 is 11.8 Å². The fourth-order valence-electron chi connectivity index (χ4n) is 2.32. The van der Waals surface area contributed by atoms with E-state index < -0.39 is 0 Å². The summed E-state index contributed by atoms with van der Waals surface area (Å²) in [5, 5.41) is 27.0. The van der Waals surface area contributed by atoms with Crippen LogP contribution in [0.15, 0.2) is 45.1 Å². The lowest BCUT2D eigenvalue weighted by molar-refractivity contribution is -0.753. The highest BCUT2D eigenvalue weighted by Gasteiger charge is 2.12. The van der Waals surface area contributed by atoms with Crippen molar-refractivity contribution in [3.63, 3.8) is 0 Å². The van der Waals surface area contributed by atoms with Crippen molar-refractivity contribution in [1.82, 2.24) is 25.4 Å². The van der Waals surface area contributed by atoms with Gasteiger partial charge in [-0.2, -0.15) is 5.01 Å². The smallest absolute Gasteiger partial charge is 0.324 e. The minimum absolute atomic E-state index is 0.0656. The molecule has 0 unspecified atom stereocenters. The first-order chi connectivity index (χ1) is 12.6. The second-order valence-electron chi connectivity index (χ2n) is 5.56. The first-order valence-electron chi connectivity index (χ1n) is 7.65. The summed E-state index contributed by atoms with van der Waals surface area (Å²) in [4.78, 5) is 12.9. The molecule has 11 heteroatoms. The number of nitrogens with one attached hydrogen (secondary N) is 1. The molecule has 1 N–H and O–H groups in total. The first kappa shape index (κ1) is 16.3. The fourth-order valence-corrected chi connectivity index (χ4v) is 2.89. The summed E-state index contributed by atoms with van der Waals surface area (Å²) >= 11 is 1.16. The molecule has 0 saturated carbocycles. The summed E-state index contributed by atoms with van der Waals surface area (Å²) < 4.78 is 4.97. The van der Waals surface area contributed by atoms with Gasteiger partial charge in [0.15, 0.2) is 5.65 Å². The summed E-state index contributed by atoms with van der Waals surface area (Å²) in [7, 11) is 3.57. The summed E-state index contributed by atoms with van der Waals surface area (Å²) in [5.74, 6) is -0.178. The number of rotatable bonds is 5. The molecule has 10 nitrogen and oxygen atoms in total. The van der Waals surface area contributed by atoms with Crippen LogP contribution in [-0.2, 0) is 0 Å². The van der Waals surface area contributed by atoms with Gasteiger partial charge < -0.3 is 10.1 Å². The van der Waals surface area contributed by atoms with Gasteiger partial charge in [-0.05, 0) is 12.0 Å². The topological polar surface area (TPSA) is 123 Å². The van der Waals surface area contributed by atoms with Crippen LogP contribution in [0, 0.1) is 0 Å². The summed E-state index contributed by atoms with van der Waals surface area (Å²) in [6, 6.07) is 7.77. The van der Waals surface area contributed by atoms with E-state index in [4.69, 9.17) is 4.52 Å². The molecule has 4 rings (SSSR count). The number of aliphatic imine (C=N–C) groups is 1. The number of thioether (sulfide) groups is 1. The molecule has 0 aliphatic rings. The van der Waals surface area contributed by atoms with Gasteiger partial charge in [0.2, 0.25) is 10.4 Å². The third kappa shape index (κ3) is 3.16. The third-order valence-corrected chi connectivity index (χ3v) is 4.34.